The Balaban J connectivity index is 1.91. The first-order valence-corrected chi connectivity index (χ1v) is 7.76. The first kappa shape index (κ1) is 17.5. The van der Waals surface area contributed by atoms with Crippen LogP contribution in [-0.2, 0) is 22.6 Å². The molecule has 0 aliphatic rings. The number of amides is 1. The molecule has 0 radical (unpaired) electrons. The molecule has 5 nitrogen and oxygen atoms in total. The molecular formula is C19H21NO4. The van der Waals surface area contributed by atoms with Gasteiger partial charge in [0.15, 0.2) is 0 Å². The summed E-state index contributed by atoms with van der Waals surface area (Å²) in [6.45, 7) is 1.59. The van der Waals surface area contributed by atoms with Crippen molar-refractivity contribution in [2.45, 2.75) is 31.9 Å². The maximum atomic E-state index is 12.0. The molecule has 0 saturated carbocycles. The number of carboxylic acid groups (broad SMARTS) is 1. The summed E-state index contributed by atoms with van der Waals surface area (Å²) in [7, 11) is 0. The number of carbonyl (C=O) groups excluding carboxylic acids is 1. The van der Waals surface area contributed by atoms with Gasteiger partial charge in [0.05, 0.1) is 0 Å². The minimum absolute atomic E-state index is 0.0983. The third kappa shape index (κ3) is 5.12. The van der Waals surface area contributed by atoms with Crippen LogP contribution in [0.3, 0.4) is 0 Å². The Labute approximate surface area is 141 Å². The van der Waals surface area contributed by atoms with Gasteiger partial charge in [-0.15, -0.1) is 0 Å². The van der Waals surface area contributed by atoms with E-state index in [1.165, 1.54) is 6.92 Å². The quantitative estimate of drug-likeness (QED) is 0.817. The summed E-state index contributed by atoms with van der Waals surface area (Å²) < 4.78 is 5.11. The van der Waals surface area contributed by atoms with E-state index in [4.69, 9.17) is 4.74 Å². The molecule has 0 unspecified atom stereocenters. The molecule has 0 spiro atoms. The molecule has 0 aliphatic carbocycles. The fourth-order valence-electron chi connectivity index (χ4n) is 2.25. The number of ether oxygens (including phenoxy) is 1. The van der Waals surface area contributed by atoms with E-state index >= 15 is 0 Å². The lowest BCUT2D eigenvalue weighted by molar-refractivity contribution is -0.144. The number of aryl methyl sites for hydroxylation is 1. The third-order valence-electron chi connectivity index (χ3n) is 3.82. The van der Waals surface area contributed by atoms with Crippen molar-refractivity contribution < 1.29 is 19.4 Å². The molecule has 2 aromatic carbocycles. The molecule has 0 saturated heterocycles. The van der Waals surface area contributed by atoms with Gasteiger partial charge >= 0.3 is 12.1 Å². The largest absolute Gasteiger partial charge is 0.480 e. The van der Waals surface area contributed by atoms with Crippen molar-refractivity contribution in [1.82, 2.24) is 5.32 Å². The van der Waals surface area contributed by atoms with Crippen molar-refractivity contribution in [3.8, 4) is 0 Å². The maximum Gasteiger partial charge on any atom is 0.408 e. The lowest BCUT2D eigenvalue weighted by atomic mass is 9.93. The number of aliphatic carboxylic acids is 1. The topological polar surface area (TPSA) is 75.6 Å². The number of hydrogen-bond acceptors (Lipinski definition) is 3. The molecule has 2 N–H and O–H groups in total. The molecule has 2 aromatic rings. The normalized spacial score (nSPS) is 12.9. The van der Waals surface area contributed by atoms with E-state index in [1.54, 1.807) is 0 Å². The van der Waals surface area contributed by atoms with Gasteiger partial charge < -0.3 is 15.2 Å². The van der Waals surface area contributed by atoms with Gasteiger partial charge in [0.25, 0.3) is 0 Å². The highest BCUT2D eigenvalue weighted by molar-refractivity contribution is 5.83. The van der Waals surface area contributed by atoms with Crippen LogP contribution in [0.1, 0.15) is 24.5 Å². The highest BCUT2D eigenvalue weighted by Gasteiger charge is 2.35. The van der Waals surface area contributed by atoms with Gasteiger partial charge in [-0.2, -0.15) is 0 Å². The molecule has 0 aliphatic heterocycles. The molecule has 0 aromatic heterocycles. The van der Waals surface area contributed by atoms with Crippen LogP contribution in [0.5, 0.6) is 0 Å². The van der Waals surface area contributed by atoms with Crippen LogP contribution in [0.15, 0.2) is 60.7 Å². The van der Waals surface area contributed by atoms with Crippen molar-refractivity contribution in [2.24, 2.45) is 0 Å². The van der Waals surface area contributed by atoms with Gasteiger partial charge in [0.1, 0.15) is 12.1 Å². The van der Waals surface area contributed by atoms with Crippen molar-refractivity contribution in [2.75, 3.05) is 0 Å². The minimum atomic E-state index is -1.39. The summed E-state index contributed by atoms with van der Waals surface area (Å²) in [5.41, 5.74) is 0.474. The monoisotopic (exact) mass is 327 g/mol. The fourth-order valence-corrected chi connectivity index (χ4v) is 2.25. The molecule has 5 heteroatoms. The lowest BCUT2D eigenvalue weighted by Gasteiger charge is -2.25. The van der Waals surface area contributed by atoms with Gasteiger partial charge in [-0.3, -0.25) is 0 Å². The number of carbonyl (C=O) groups is 2. The summed E-state index contributed by atoms with van der Waals surface area (Å²) in [6, 6.07) is 18.8. The molecule has 1 amide bonds. The summed E-state index contributed by atoms with van der Waals surface area (Å²) >= 11 is 0. The van der Waals surface area contributed by atoms with Crippen molar-refractivity contribution in [1.29, 1.82) is 0 Å². The predicted molar refractivity (Wildman–Crippen MR) is 90.6 cm³/mol. The Kier molecular flexibility index (Phi) is 5.95. The Morgan fingerprint density at radius 2 is 1.54 bits per heavy atom. The summed E-state index contributed by atoms with van der Waals surface area (Å²) in [5.74, 6) is -1.09. The molecule has 0 heterocycles. The zero-order chi connectivity index (χ0) is 17.4. The van der Waals surface area contributed by atoms with Crippen LogP contribution in [-0.4, -0.2) is 22.7 Å². The number of nitrogens with one attached hydrogen (secondary N) is 1. The van der Waals surface area contributed by atoms with E-state index in [0.717, 1.165) is 11.1 Å². The van der Waals surface area contributed by atoms with Gasteiger partial charge in [0.2, 0.25) is 0 Å². The minimum Gasteiger partial charge on any atom is -0.480 e. The number of alkyl carbamates (subject to hydrolysis) is 1. The second kappa shape index (κ2) is 8.15. The number of hydrogen-bond donors (Lipinski definition) is 2. The standard InChI is InChI=1S/C19H21NO4/c1-19(17(21)22,13-12-15-8-4-2-5-9-15)20-18(23)24-14-16-10-6-3-7-11-16/h2-11H,12-14H2,1H3,(H,20,23)(H,21,22)/t19-/m0/s1. The molecule has 2 rings (SSSR count). The van der Waals surface area contributed by atoms with Gasteiger partial charge in [-0.25, -0.2) is 9.59 Å². The average Bonchev–Trinajstić information content (AvgIpc) is 2.60. The van der Waals surface area contributed by atoms with Crippen molar-refractivity contribution >= 4 is 12.1 Å². The maximum absolute atomic E-state index is 12.0. The zero-order valence-corrected chi connectivity index (χ0v) is 13.6. The molecule has 0 fully saturated rings. The van der Waals surface area contributed by atoms with E-state index in [0.29, 0.717) is 6.42 Å². The van der Waals surface area contributed by atoms with E-state index in [9.17, 15) is 14.7 Å². The van der Waals surface area contributed by atoms with E-state index < -0.39 is 17.6 Å². The Morgan fingerprint density at radius 3 is 2.08 bits per heavy atom. The lowest BCUT2D eigenvalue weighted by Crippen LogP contribution is -2.52. The fraction of sp³-hybridized carbons (Fsp3) is 0.263. The van der Waals surface area contributed by atoms with Crippen LogP contribution in [0.4, 0.5) is 4.79 Å². The van der Waals surface area contributed by atoms with Gasteiger partial charge in [-0.1, -0.05) is 60.7 Å². The number of benzene rings is 2. The Hall–Kier alpha value is -2.82. The smallest absolute Gasteiger partial charge is 0.408 e. The molecule has 0 bridgehead atoms. The molecule has 24 heavy (non-hydrogen) atoms. The van der Waals surface area contributed by atoms with Crippen LogP contribution in [0.2, 0.25) is 0 Å². The van der Waals surface area contributed by atoms with E-state index in [1.807, 2.05) is 60.7 Å². The summed E-state index contributed by atoms with van der Waals surface area (Å²) in [4.78, 5) is 23.5. The second-order valence-corrected chi connectivity index (χ2v) is 5.81. The summed E-state index contributed by atoms with van der Waals surface area (Å²) in [6.07, 6.45) is 0.0758. The van der Waals surface area contributed by atoms with Crippen molar-refractivity contribution in [3.05, 3.63) is 71.8 Å². The first-order chi connectivity index (χ1) is 11.5. The number of rotatable bonds is 7. The van der Waals surface area contributed by atoms with Crippen LogP contribution < -0.4 is 5.32 Å². The summed E-state index contributed by atoms with van der Waals surface area (Å²) in [5, 5.41) is 11.9. The van der Waals surface area contributed by atoms with Gasteiger partial charge in [0, 0.05) is 0 Å². The molecular weight excluding hydrogens is 306 g/mol. The third-order valence-corrected chi connectivity index (χ3v) is 3.82. The van der Waals surface area contributed by atoms with Crippen LogP contribution >= 0.6 is 0 Å². The predicted octanol–water partition coefficient (Wildman–Crippen LogP) is 3.39. The first-order valence-electron chi connectivity index (χ1n) is 7.76. The SMILES string of the molecule is C[C@@](CCc1ccccc1)(NC(=O)OCc1ccccc1)C(=O)O. The van der Waals surface area contributed by atoms with Crippen LogP contribution in [0, 0.1) is 0 Å². The van der Waals surface area contributed by atoms with Crippen LogP contribution in [0.25, 0.3) is 0 Å². The zero-order valence-electron chi connectivity index (χ0n) is 13.6. The molecule has 1 atom stereocenters. The van der Waals surface area contributed by atoms with Gasteiger partial charge in [-0.05, 0) is 30.9 Å². The Bertz CT molecular complexity index is 672. The van der Waals surface area contributed by atoms with Crippen molar-refractivity contribution in [3.63, 3.8) is 0 Å². The highest BCUT2D eigenvalue weighted by atomic mass is 16.5. The van der Waals surface area contributed by atoms with E-state index in [2.05, 4.69) is 5.32 Å². The second-order valence-electron chi connectivity index (χ2n) is 5.81. The average molecular weight is 327 g/mol. The number of carboxylic acids is 1. The van der Waals surface area contributed by atoms with E-state index in [-0.39, 0.29) is 13.0 Å². The molecule has 126 valence electrons. The highest BCUT2D eigenvalue weighted by Crippen LogP contribution is 2.15. The Morgan fingerprint density at radius 1 is 1.00 bits per heavy atom.